The fourth-order valence-electron chi connectivity index (χ4n) is 2.67. The number of rotatable bonds is 5. The van der Waals surface area contributed by atoms with E-state index in [0.29, 0.717) is 23.5 Å². The van der Waals surface area contributed by atoms with E-state index in [4.69, 9.17) is 11.5 Å². The van der Waals surface area contributed by atoms with Crippen molar-refractivity contribution in [3.8, 4) is 0 Å². The molecule has 0 bridgehead atoms. The fourth-order valence-corrected chi connectivity index (χ4v) is 2.67. The summed E-state index contributed by atoms with van der Waals surface area (Å²) in [5.74, 6) is 0.731. The standard InChI is InChI=1S/C16H26N4O/c1-12-5-9-20(10-6-12)8-2-7-19-16(21)14-4-3-13(17)11-15(14)18/h3-4,11-12H,2,5-10,17-18H2,1H3,(H,19,21). The van der Waals surface area contributed by atoms with Gasteiger partial charge in [0.05, 0.1) is 5.56 Å². The van der Waals surface area contributed by atoms with Crippen LogP contribution >= 0.6 is 0 Å². The molecule has 1 aromatic rings. The van der Waals surface area contributed by atoms with E-state index in [2.05, 4.69) is 17.1 Å². The summed E-state index contributed by atoms with van der Waals surface area (Å²) in [4.78, 5) is 14.5. The molecule has 1 fully saturated rings. The summed E-state index contributed by atoms with van der Waals surface area (Å²) in [6.07, 6.45) is 3.54. The summed E-state index contributed by atoms with van der Waals surface area (Å²) in [6.45, 7) is 6.40. The zero-order chi connectivity index (χ0) is 15.2. The molecular formula is C16H26N4O. The molecule has 1 saturated heterocycles. The Hall–Kier alpha value is -1.75. The first-order chi connectivity index (χ1) is 10.1. The van der Waals surface area contributed by atoms with Gasteiger partial charge in [0.25, 0.3) is 5.91 Å². The quantitative estimate of drug-likeness (QED) is 0.569. The van der Waals surface area contributed by atoms with Crippen molar-refractivity contribution < 1.29 is 4.79 Å². The van der Waals surface area contributed by atoms with Gasteiger partial charge in [0.15, 0.2) is 0 Å². The fraction of sp³-hybridized carbons (Fsp3) is 0.562. The van der Waals surface area contributed by atoms with Crippen molar-refractivity contribution in [2.45, 2.75) is 26.2 Å². The Kier molecular flexibility index (Phi) is 5.44. The van der Waals surface area contributed by atoms with Crippen LogP contribution in [0.5, 0.6) is 0 Å². The minimum absolute atomic E-state index is 0.125. The van der Waals surface area contributed by atoms with Crippen molar-refractivity contribution in [1.29, 1.82) is 0 Å². The van der Waals surface area contributed by atoms with Gasteiger partial charge in [0.1, 0.15) is 0 Å². The van der Waals surface area contributed by atoms with Crippen LogP contribution in [0.25, 0.3) is 0 Å². The number of nitrogens with two attached hydrogens (primary N) is 2. The molecule has 5 N–H and O–H groups in total. The highest BCUT2D eigenvalue weighted by molar-refractivity contribution is 5.99. The maximum atomic E-state index is 12.0. The molecule has 116 valence electrons. The van der Waals surface area contributed by atoms with Crippen molar-refractivity contribution >= 4 is 17.3 Å². The molecule has 1 aromatic carbocycles. The van der Waals surface area contributed by atoms with Gasteiger partial charge in [-0.25, -0.2) is 0 Å². The summed E-state index contributed by atoms with van der Waals surface area (Å²) in [5.41, 5.74) is 12.9. The van der Waals surface area contributed by atoms with Crippen LogP contribution in [-0.2, 0) is 0 Å². The molecule has 5 heteroatoms. The number of carbonyl (C=O) groups excluding carboxylic acids is 1. The van der Waals surface area contributed by atoms with Crippen molar-refractivity contribution in [2.75, 3.05) is 37.6 Å². The van der Waals surface area contributed by atoms with Crippen LogP contribution in [0.1, 0.15) is 36.5 Å². The third-order valence-corrected chi connectivity index (χ3v) is 4.13. The molecule has 5 nitrogen and oxygen atoms in total. The molecule has 0 aliphatic carbocycles. The Morgan fingerprint density at radius 2 is 2.05 bits per heavy atom. The second-order valence-electron chi connectivity index (χ2n) is 5.98. The molecule has 1 heterocycles. The van der Waals surface area contributed by atoms with Gasteiger partial charge >= 0.3 is 0 Å². The van der Waals surface area contributed by atoms with Crippen molar-refractivity contribution in [3.63, 3.8) is 0 Å². The van der Waals surface area contributed by atoms with Gasteiger partial charge in [-0.3, -0.25) is 4.79 Å². The largest absolute Gasteiger partial charge is 0.399 e. The number of nitrogen functional groups attached to an aromatic ring is 2. The summed E-state index contributed by atoms with van der Waals surface area (Å²) in [6, 6.07) is 4.98. The number of hydrogen-bond donors (Lipinski definition) is 3. The lowest BCUT2D eigenvalue weighted by Crippen LogP contribution is -2.35. The number of hydrogen-bond acceptors (Lipinski definition) is 4. The SMILES string of the molecule is CC1CCN(CCCNC(=O)c2ccc(N)cc2N)CC1. The topological polar surface area (TPSA) is 84.4 Å². The molecule has 0 saturated carbocycles. The second-order valence-corrected chi connectivity index (χ2v) is 5.98. The van der Waals surface area contributed by atoms with Crippen molar-refractivity contribution in [1.82, 2.24) is 10.2 Å². The molecule has 0 spiro atoms. The van der Waals surface area contributed by atoms with Gasteiger partial charge in [-0.15, -0.1) is 0 Å². The minimum Gasteiger partial charge on any atom is -0.399 e. The summed E-state index contributed by atoms with van der Waals surface area (Å²) >= 11 is 0. The monoisotopic (exact) mass is 290 g/mol. The molecule has 1 aliphatic heterocycles. The number of nitrogens with zero attached hydrogens (tertiary/aromatic N) is 1. The summed E-state index contributed by atoms with van der Waals surface area (Å²) < 4.78 is 0. The predicted molar refractivity (Wildman–Crippen MR) is 87.1 cm³/mol. The van der Waals surface area contributed by atoms with E-state index in [1.807, 2.05) is 0 Å². The molecule has 0 atom stereocenters. The molecule has 0 unspecified atom stereocenters. The van der Waals surface area contributed by atoms with Crippen LogP contribution in [0.2, 0.25) is 0 Å². The van der Waals surface area contributed by atoms with Crippen molar-refractivity contribution in [2.24, 2.45) is 5.92 Å². The van der Waals surface area contributed by atoms with Gasteiger partial charge < -0.3 is 21.7 Å². The van der Waals surface area contributed by atoms with Crippen LogP contribution in [0.3, 0.4) is 0 Å². The highest BCUT2D eigenvalue weighted by Gasteiger charge is 2.15. The Morgan fingerprint density at radius 1 is 1.33 bits per heavy atom. The first-order valence-corrected chi connectivity index (χ1v) is 7.72. The lowest BCUT2D eigenvalue weighted by atomic mass is 9.99. The predicted octanol–water partition coefficient (Wildman–Crippen LogP) is 1.70. The number of nitrogens with one attached hydrogen (secondary N) is 1. The van der Waals surface area contributed by atoms with Gasteiger partial charge in [-0.05, 0) is 63.0 Å². The normalized spacial score (nSPS) is 16.8. The number of amides is 1. The van der Waals surface area contributed by atoms with Crippen LogP contribution < -0.4 is 16.8 Å². The number of anilines is 2. The Morgan fingerprint density at radius 3 is 2.71 bits per heavy atom. The third kappa shape index (κ3) is 4.63. The van der Waals surface area contributed by atoms with Crippen LogP contribution in [0.4, 0.5) is 11.4 Å². The lowest BCUT2D eigenvalue weighted by Gasteiger charge is -2.30. The number of piperidine rings is 1. The van der Waals surface area contributed by atoms with E-state index in [1.165, 1.54) is 25.9 Å². The first kappa shape index (κ1) is 15.6. The molecule has 21 heavy (non-hydrogen) atoms. The van der Waals surface area contributed by atoms with E-state index < -0.39 is 0 Å². The average molecular weight is 290 g/mol. The zero-order valence-electron chi connectivity index (χ0n) is 12.8. The summed E-state index contributed by atoms with van der Waals surface area (Å²) in [7, 11) is 0. The molecule has 1 aliphatic rings. The minimum atomic E-state index is -0.125. The highest BCUT2D eigenvalue weighted by Crippen LogP contribution is 2.16. The average Bonchev–Trinajstić information content (AvgIpc) is 2.45. The Balaban J connectivity index is 1.69. The molecular weight excluding hydrogens is 264 g/mol. The summed E-state index contributed by atoms with van der Waals surface area (Å²) in [5, 5.41) is 2.92. The second kappa shape index (κ2) is 7.31. The smallest absolute Gasteiger partial charge is 0.253 e. The maximum absolute atomic E-state index is 12.0. The number of likely N-dealkylation sites (tertiary alicyclic amines) is 1. The van der Waals surface area contributed by atoms with Crippen LogP contribution in [0.15, 0.2) is 18.2 Å². The van der Waals surface area contributed by atoms with E-state index in [1.54, 1.807) is 18.2 Å². The lowest BCUT2D eigenvalue weighted by molar-refractivity contribution is 0.0951. The van der Waals surface area contributed by atoms with Gasteiger partial charge in [-0.1, -0.05) is 6.92 Å². The zero-order valence-corrected chi connectivity index (χ0v) is 12.8. The highest BCUT2D eigenvalue weighted by atomic mass is 16.1. The van der Waals surface area contributed by atoms with E-state index >= 15 is 0 Å². The maximum Gasteiger partial charge on any atom is 0.253 e. The Labute approximate surface area is 126 Å². The first-order valence-electron chi connectivity index (χ1n) is 7.72. The number of benzene rings is 1. The number of carbonyl (C=O) groups is 1. The van der Waals surface area contributed by atoms with Crippen molar-refractivity contribution in [3.05, 3.63) is 23.8 Å². The van der Waals surface area contributed by atoms with Crippen LogP contribution in [-0.4, -0.2) is 37.0 Å². The molecule has 1 amide bonds. The third-order valence-electron chi connectivity index (χ3n) is 4.13. The molecule has 0 radical (unpaired) electrons. The molecule has 0 aromatic heterocycles. The van der Waals surface area contributed by atoms with Crippen LogP contribution in [0, 0.1) is 5.92 Å². The van der Waals surface area contributed by atoms with E-state index in [9.17, 15) is 4.79 Å². The van der Waals surface area contributed by atoms with Gasteiger partial charge in [-0.2, -0.15) is 0 Å². The van der Waals surface area contributed by atoms with E-state index in [0.717, 1.165) is 18.9 Å². The van der Waals surface area contributed by atoms with E-state index in [-0.39, 0.29) is 5.91 Å². The Bertz CT molecular complexity index is 481. The van der Waals surface area contributed by atoms with Gasteiger partial charge in [0, 0.05) is 17.9 Å². The molecule has 2 rings (SSSR count). The van der Waals surface area contributed by atoms with Gasteiger partial charge in [0.2, 0.25) is 0 Å².